The monoisotopic (exact) mass is 237 g/mol. The Labute approximate surface area is 101 Å². The van der Waals surface area contributed by atoms with Crippen molar-refractivity contribution in [1.82, 2.24) is 15.3 Å². The van der Waals surface area contributed by atoms with Crippen LogP contribution in [-0.2, 0) is 4.74 Å². The highest BCUT2D eigenvalue weighted by atomic mass is 16.5. The molecule has 1 aliphatic rings. The van der Waals surface area contributed by atoms with Gasteiger partial charge in [-0.25, -0.2) is 9.97 Å². The lowest BCUT2D eigenvalue weighted by Gasteiger charge is -2.24. The largest absolute Gasteiger partial charge is 0.374 e. The van der Waals surface area contributed by atoms with Gasteiger partial charge in [0, 0.05) is 39.8 Å². The molecule has 6 nitrogen and oxygen atoms in total. The third-order valence-electron chi connectivity index (χ3n) is 2.63. The molecular weight excluding hydrogens is 218 g/mol. The molecule has 1 unspecified atom stereocenters. The molecule has 0 saturated carbocycles. The summed E-state index contributed by atoms with van der Waals surface area (Å²) in [5.74, 6) is 1.73. The molecule has 0 spiro atoms. The lowest BCUT2D eigenvalue weighted by Crippen LogP contribution is -2.42. The third kappa shape index (κ3) is 3.54. The van der Waals surface area contributed by atoms with E-state index in [1.807, 2.05) is 25.1 Å². The van der Waals surface area contributed by atoms with Gasteiger partial charge in [-0.1, -0.05) is 0 Å². The van der Waals surface area contributed by atoms with Crippen LogP contribution in [0.3, 0.4) is 0 Å². The highest BCUT2D eigenvalue weighted by Crippen LogP contribution is 2.11. The summed E-state index contributed by atoms with van der Waals surface area (Å²) in [7, 11) is 3.92. The van der Waals surface area contributed by atoms with Gasteiger partial charge in [-0.15, -0.1) is 0 Å². The van der Waals surface area contributed by atoms with E-state index >= 15 is 0 Å². The summed E-state index contributed by atoms with van der Waals surface area (Å²) in [6.45, 7) is 3.36. The van der Waals surface area contributed by atoms with Crippen molar-refractivity contribution in [2.75, 3.05) is 50.6 Å². The number of morpholine rings is 1. The lowest BCUT2D eigenvalue weighted by atomic mass is 10.3. The van der Waals surface area contributed by atoms with Gasteiger partial charge in [-0.05, 0) is 0 Å². The van der Waals surface area contributed by atoms with Crippen molar-refractivity contribution in [3.8, 4) is 0 Å². The van der Waals surface area contributed by atoms with Crippen molar-refractivity contribution >= 4 is 11.6 Å². The molecule has 2 heterocycles. The van der Waals surface area contributed by atoms with Crippen LogP contribution in [0.25, 0.3) is 0 Å². The van der Waals surface area contributed by atoms with E-state index in [-0.39, 0.29) is 6.10 Å². The van der Waals surface area contributed by atoms with Crippen LogP contribution in [0.2, 0.25) is 0 Å². The molecule has 0 aromatic carbocycles. The first kappa shape index (κ1) is 12.1. The Morgan fingerprint density at radius 2 is 2.41 bits per heavy atom. The quantitative estimate of drug-likeness (QED) is 0.765. The molecular formula is C11H19N5O. The van der Waals surface area contributed by atoms with Crippen LogP contribution >= 0.6 is 0 Å². The van der Waals surface area contributed by atoms with Gasteiger partial charge in [0.1, 0.15) is 18.0 Å². The summed E-state index contributed by atoms with van der Waals surface area (Å²) in [5, 5.41) is 6.56. The first-order chi connectivity index (χ1) is 8.25. The molecule has 17 heavy (non-hydrogen) atoms. The topological polar surface area (TPSA) is 62.3 Å². The average molecular weight is 237 g/mol. The Hall–Kier alpha value is -1.40. The van der Waals surface area contributed by atoms with Gasteiger partial charge in [0.05, 0.1) is 12.7 Å². The zero-order valence-corrected chi connectivity index (χ0v) is 10.3. The Morgan fingerprint density at radius 3 is 3.12 bits per heavy atom. The van der Waals surface area contributed by atoms with Gasteiger partial charge in [0.15, 0.2) is 0 Å². The Kier molecular flexibility index (Phi) is 4.11. The van der Waals surface area contributed by atoms with Crippen molar-refractivity contribution in [2.24, 2.45) is 0 Å². The normalized spacial score (nSPS) is 20.0. The number of hydrogen-bond acceptors (Lipinski definition) is 6. The molecule has 1 atom stereocenters. The molecule has 2 N–H and O–H groups in total. The summed E-state index contributed by atoms with van der Waals surface area (Å²) in [6, 6.07) is 1.93. The first-order valence-corrected chi connectivity index (χ1v) is 5.81. The van der Waals surface area contributed by atoms with Gasteiger partial charge in [-0.3, -0.25) is 0 Å². The van der Waals surface area contributed by atoms with Crippen LogP contribution in [0.4, 0.5) is 11.6 Å². The lowest BCUT2D eigenvalue weighted by molar-refractivity contribution is 0.0372. The average Bonchev–Trinajstić information content (AvgIpc) is 2.38. The zero-order chi connectivity index (χ0) is 12.1. The molecule has 0 amide bonds. The second kappa shape index (κ2) is 5.79. The van der Waals surface area contributed by atoms with Gasteiger partial charge in [-0.2, -0.15) is 0 Å². The molecule has 94 valence electrons. The second-order valence-corrected chi connectivity index (χ2v) is 4.23. The predicted molar refractivity (Wildman–Crippen MR) is 67.5 cm³/mol. The molecule has 2 rings (SSSR count). The molecule has 6 heteroatoms. The van der Waals surface area contributed by atoms with Crippen LogP contribution in [0.15, 0.2) is 12.4 Å². The summed E-state index contributed by atoms with van der Waals surface area (Å²) >= 11 is 0. The minimum absolute atomic E-state index is 0.210. The summed E-state index contributed by atoms with van der Waals surface area (Å²) in [6.07, 6.45) is 1.78. The molecule has 0 radical (unpaired) electrons. The fraction of sp³-hybridized carbons (Fsp3) is 0.636. The van der Waals surface area contributed by atoms with E-state index in [0.717, 1.165) is 37.9 Å². The smallest absolute Gasteiger partial charge is 0.133 e. The maximum Gasteiger partial charge on any atom is 0.133 e. The van der Waals surface area contributed by atoms with E-state index in [0.29, 0.717) is 0 Å². The molecule has 1 aliphatic heterocycles. The number of ether oxygens (including phenoxy) is 1. The minimum atomic E-state index is 0.210. The van der Waals surface area contributed by atoms with Crippen LogP contribution in [-0.4, -0.2) is 56.4 Å². The van der Waals surface area contributed by atoms with Crippen molar-refractivity contribution < 1.29 is 4.74 Å². The number of nitrogens with zero attached hydrogens (tertiary/aromatic N) is 3. The molecule has 1 aromatic heterocycles. The molecule has 0 aliphatic carbocycles. The van der Waals surface area contributed by atoms with E-state index in [4.69, 9.17) is 4.74 Å². The summed E-state index contributed by atoms with van der Waals surface area (Å²) < 4.78 is 5.60. The number of aromatic nitrogens is 2. The number of hydrogen-bond donors (Lipinski definition) is 2. The van der Waals surface area contributed by atoms with Crippen molar-refractivity contribution in [3.05, 3.63) is 12.4 Å². The Balaban J connectivity index is 1.87. The molecule has 1 aromatic rings. The van der Waals surface area contributed by atoms with E-state index in [9.17, 15) is 0 Å². The Bertz CT molecular complexity index is 351. The summed E-state index contributed by atoms with van der Waals surface area (Å²) in [5.41, 5.74) is 0. The fourth-order valence-corrected chi connectivity index (χ4v) is 1.66. The molecule has 1 fully saturated rings. The van der Waals surface area contributed by atoms with E-state index in [1.54, 1.807) is 6.33 Å². The van der Waals surface area contributed by atoms with Crippen LogP contribution < -0.4 is 15.5 Å². The summed E-state index contributed by atoms with van der Waals surface area (Å²) in [4.78, 5) is 10.3. The maximum atomic E-state index is 5.60. The number of nitrogens with one attached hydrogen (secondary N) is 2. The second-order valence-electron chi connectivity index (χ2n) is 4.23. The Morgan fingerprint density at radius 1 is 1.53 bits per heavy atom. The van der Waals surface area contributed by atoms with Gasteiger partial charge >= 0.3 is 0 Å². The van der Waals surface area contributed by atoms with Crippen LogP contribution in [0.1, 0.15) is 0 Å². The van der Waals surface area contributed by atoms with Crippen LogP contribution in [0, 0.1) is 0 Å². The highest BCUT2D eigenvalue weighted by molar-refractivity contribution is 5.47. The number of rotatable bonds is 4. The maximum absolute atomic E-state index is 5.60. The highest BCUT2D eigenvalue weighted by Gasteiger charge is 2.13. The predicted octanol–water partition coefficient (Wildman–Crippen LogP) is -0.0571. The zero-order valence-electron chi connectivity index (χ0n) is 10.3. The van der Waals surface area contributed by atoms with Gasteiger partial charge in [0.25, 0.3) is 0 Å². The van der Waals surface area contributed by atoms with E-state index in [2.05, 4.69) is 20.6 Å². The van der Waals surface area contributed by atoms with Crippen LogP contribution in [0.5, 0.6) is 0 Å². The molecule has 1 saturated heterocycles. The standard InChI is InChI=1S/C11H19N5O/c1-16(2)11-5-10(14-8-15-11)13-7-9-6-12-3-4-17-9/h5,8-9,12H,3-4,6-7H2,1-2H3,(H,13,14,15). The van der Waals surface area contributed by atoms with E-state index in [1.165, 1.54) is 0 Å². The first-order valence-electron chi connectivity index (χ1n) is 5.81. The third-order valence-corrected chi connectivity index (χ3v) is 2.63. The fourth-order valence-electron chi connectivity index (χ4n) is 1.66. The van der Waals surface area contributed by atoms with Crippen molar-refractivity contribution in [1.29, 1.82) is 0 Å². The van der Waals surface area contributed by atoms with E-state index < -0.39 is 0 Å². The minimum Gasteiger partial charge on any atom is -0.374 e. The van der Waals surface area contributed by atoms with Crippen molar-refractivity contribution in [3.63, 3.8) is 0 Å². The van der Waals surface area contributed by atoms with Gasteiger partial charge < -0.3 is 20.3 Å². The van der Waals surface area contributed by atoms with Crippen molar-refractivity contribution in [2.45, 2.75) is 6.10 Å². The number of anilines is 2. The SMILES string of the molecule is CN(C)c1cc(NCC2CNCCO2)ncn1. The van der Waals surface area contributed by atoms with Gasteiger partial charge in [0.2, 0.25) is 0 Å². The molecule has 0 bridgehead atoms.